The van der Waals surface area contributed by atoms with E-state index in [4.69, 9.17) is 4.99 Å². The number of guanidine groups is 1. The highest BCUT2D eigenvalue weighted by Gasteiger charge is 2.37. The molecule has 1 aliphatic heterocycles. The molecular formula is C17H31IN6. The Morgan fingerprint density at radius 1 is 1.46 bits per heavy atom. The van der Waals surface area contributed by atoms with Crippen LogP contribution in [0.4, 0.5) is 5.69 Å². The fourth-order valence-corrected chi connectivity index (χ4v) is 3.06. The molecule has 1 saturated heterocycles. The molecule has 0 amide bonds. The minimum absolute atomic E-state index is 0. The number of aryl methyl sites for hydroxylation is 1. The van der Waals surface area contributed by atoms with Gasteiger partial charge in [-0.3, -0.25) is 9.67 Å². The molecule has 3 rings (SSSR count). The molecule has 1 atom stereocenters. The standard InChI is InChI=1S/C17H30N6.HI/c1-4-18-16(19-13-17(2)7-8-17)21-14-6-5-9-23(11-14)15-10-20-22(3)12-15;/h10,12,14H,4-9,11,13H2,1-3H3,(H2,18,19,21);1H. The fourth-order valence-electron chi connectivity index (χ4n) is 3.06. The lowest BCUT2D eigenvalue weighted by Gasteiger charge is -2.34. The Bertz CT molecular complexity index is 551. The van der Waals surface area contributed by atoms with E-state index >= 15 is 0 Å². The van der Waals surface area contributed by atoms with Crippen LogP contribution in [-0.2, 0) is 7.05 Å². The summed E-state index contributed by atoms with van der Waals surface area (Å²) in [5.41, 5.74) is 1.67. The first-order valence-electron chi connectivity index (χ1n) is 8.86. The van der Waals surface area contributed by atoms with Crippen LogP contribution in [0.25, 0.3) is 0 Å². The van der Waals surface area contributed by atoms with Crippen molar-refractivity contribution < 1.29 is 0 Å². The van der Waals surface area contributed by atoms with Gasteiger partial charge in [0.25, 0.3) is 0 Å². The van der Waals surface area contributed by atoms with Gasteiger partial charge in [-0.15, -0.1) is 24.0 Å². The summed E-state index contributed by atoms with van der Waals surface area (Å²) in [7, 11) is 1.97. The van der Waals surface area contributed by atoms with Gasteiger partial charge in [-0.1, -0.05) is 6.92 Å². The van der Waals surface area contributed by atoms with Crippen molar-refractivity contribution in [1.82, 2.24) is 20.4 Å². The lowest BCUT2D eigenvalue weighted by molar-refractivity contribution is 0.466. The van der Waals surface area contributed by atoms with Crippen molar-refractivity contribution in [3.8, 4) is 0 Å². The van der Waals surface area contributed by atoms with E-state index in [1.54, 1.807) is 0 Å². The zero-order chi connectivity index (χ0) is 16.3. The Hall–Kier alpha value is -0.990. The monoisotopic (exact) mass is 446 g/mol. The normalized spacial score (nSPS) is 22.7. The molecule has 2 N–H and O–H groups in total. The number of aliphatic imine (C=N–C) groups is 1. The summed E-state index contributed by atoms with van der Waals surface area (Å²) in [6.45, 7) is 8.40. The Labute approximate surface area is 162 Å². The van der Waals surface area contributed by atoms with Crippen molar-refractivity contribution in [2.24, 2.45) is 17.5 Å². The molecule has 1 aromatic heterocycles. The minimum atomic E-state index is 0. The summed E-state index contributed by atoms with van der Waals surface area (Å²) in [6, 6.07) is 0.439. The SMILES string of the molecule is CCNC(=NCC1(C)CC1)NC1CCCN(c2cnn(C)c2)C1.I. The second-order valence-corrected chi connectivity index (χ2v) is 7.31. The molecule has 1 saturated carbocycles. The molecule has 2 heterocycles. The molecule has 2 aliphatic rings. The lowest BCUT2D eigenvalue weighted by Crippen LogP contribution is -2.51. The van der Waals surface area contributed by atoms with Crippen molar-refractivity contribution in [1.29, 1.82) is 0 Å². The molecular weight excluding hydrogens is 415 g/mol. The van der Waals surface area contributed by atoms with Crippen LogP contribution in [0.15, 0.2) is 17.4 Å². The molecule has 0 bridgehead atoms. The van der Waals surface area contributed by atoms with E-state index in [0.717, 1.165) is 32.1 Å². The van der Waals surface area contributed by atoms with Crippen LogP contribution in [0.1, 0.15) is 39.5 Å². The fraction of sp³-hybridized carbons (Fsp3) is 0.765. The van der Waals surface area contributed by atoms with E-state index in [1.165, 1.54) is 31.4 Å². The number of hydrogen-bond donors (Lipinski definition) is 2. The van der Waals surface area contributed by atoms with E-state index in [-0.39, 0.29) is 24.0 Å². The topological polar surface area (TPSA) is 57.5 Å². The number of piperidine rings is 1. The number of aromatic nitrogens is 2. The number of halogens is 1. The largest absolute Gasteiger partial charge is 0.367 e. The van der Waals surface area contributed by atoms with Gasteiger partial charge in [-0.05, 0) is 38.0 Å². The van der Waals surface area contributed by atoms with Crippen LogP contribution in [0.5, 0.6) is 0 Å². The van der Waals surface area contributed by atoms with Crippen LogP contribution in [0.3, 0.4) is 0 Å². The highest BCUT2D eigenvalue weighted by atomic mass is 127. The third-order valence-corrected chi connectivity index (χ3v) is 4.89. The van der Waals surface area contributed by atoms with Gasteiger partial charge < -0.3 is 15.5 Å². The zero-order valence-corrected chi connectivity index (χ0v) is 17.4. The molecule has 7 heteroatoms. The quantitative estimate of drug-likeness (QED) is 0.414. The van der Waals surface area contributed by atoms with Crippen LogP contribution in [0.2, 0.25) is 0 Å². The highest BCUT2D eigenvalue weighted by Crippen LogP contribution is 2.44. The highest BCUT2D eigenvalue weighted by molar-refractivity contribution is 14.0. The van der Waals surface area contributed by atoms with Gasteiger partial charge in [0.2, 0.25) is 0 Å². The molecule has 2 fully saturated rings. The van der Waals surface area contributed by atoms with Crippen LogP contribution >= 0.6 is 24.0 Å². The molecule has 1 aliphatic carbocycles. The van der Waals surface area contributed by atoms with Gasteiger partial charge in [0.1, 0.15) is 0 Å². The molecule has 24 heavy (non-hydrogen) atoms. The van der Waals surface area contributed by atoms with Crippen LogP contribution in [-0.4, -0.2) is 48.0 Å². The van der Waals surface area contributed by atoms with E-state index in [1.807, 2.05) is 17.9 Å². The molecule has 1 unspecified atom stereocenters. The van der Waals surface area contributed by atoms with Gasteiger partial charge in [0, 0.05) is 45.5 Å². The Morgan fingerprint density at radius 2 is 2.25 bits per heavy atom. The van der Waals surface area contributed by atoms with Crippen LogP contribution < -0.4 is 15.5 Å². The maximum absolute atomic E-state index is 4.80. The zero-order valence-electron chi connectivity index (χ0n) is 15.1. The number of hydrogen-bond acceptors (Lipinski definition) is 3. The van der Waals surface area contributed by atoms with Crippen molar-refractivity contribution >= 4 is 35.6 Å². The van der Waals surface area contributed by atoms with Gasteiger partial charge in [0.05, 0.1) is 11.9 Å². The average molecular weight is 446 g/mol. The summed E-state index contributed by atoms with van der Waals surface area (Å²) >= 11 is 0. The van der Waals surface area contributed by atoms with Crippen molar-refractivity contribution in [3.63, 3.8) is 0 Å². The Kier molecular flexibility index (Phi) is 6.77. The molecule has 0 spiro atoms. The van der Waals surface area contributed by atoms with Crippen molar-refractivity contribution in [2.75, 3.05) is 31.1 Å². The van der Waals surface area contributed by atoms with Crippen LogP contribution in [0, 0.1) is 5.41 Å². The van der Waals surface area contributed by atoms with Crippen molar-refractivity contribution in [2.45, 2.75) is 45.6 Å². The average Bonchev–Trinajstić information content (AvgIpc) is 3.11. The predicted molar refractivity (Wildman–Crippen MR) is 110 cm³/mol. The summed E-state index contributed by atoms with van der Waals surface area (Å²) < 4.78 is 1.87. The number of nitrogens with one attached hydrogen (secondary N) is 2. The smallest absolute Gasteiger partial charge is 0.191 e. The second kappa shape index (κ2) is 8.40. The van der Waals surface area contributed by atoms with E-state index < -0.39 is 0 Å². The first-order chi connectivity index (χ1) is 11.1. The maximum atomic E-state index is 4.80. The van der Waals surface area contributed by atoms with Gasteiger partial charge >= 0.3 is 0 Å². The third-order valence-electron chi connectivity index (χ3n) is 4.89. The van der Waals surface area contributed by atoms with E-state index in [9.17, 15) is 0 Å². The summed E-state index contributed by atoms with van der Waals surface area (Å²) in [5.74, 6) is 0.971. The van der Waals surface area contributed by atoms with Gasteiger partial charge in [-0.2, -0.15) is 5.10 Å². The van der Waals surface area contributed by atoms with E-state index in [0.29, 0.717) is 11.5 Å². The lowest BCUT2D eigenvalue weighted by atomic mass is 10.1. The molecule has 6 nitrogen and oxygen atoms in total. The van der Waals surface area contributed by atoms with Crippen molar-refractivity contribution in [3.05, 3.63) is 12.4 Å². The number of rotatable bonds is 5. The number of anilines is 1. The molecule has 0 aromatic carbocycles. The first-order valence-corrected chi connectivity index (χ1v) is 8.86. The van der Waals surface area contributed by atoms with Gasteiger partial charge in [0.15, 0.2) is 5.96 Å². The Morgan fingerprint density at radius 3 is 2.88 bits per heavy atom. The minimum Gasteiger partial charge on any atom is -0.367 e. The second-order valence-electron chi connectivity index (χ2n) is 7.31. The third kappa shape index (κ3) is 5.26. The summed E-state index contributed by atoms with van der Waals surface area (Å²) in [4.78, 5) is 7.22. The molecule has 136 valence electrons. The number of nitrogens with zero attached hydrogens (tertiary/aromatic N) is 4. The first kappa shape index (κ1) is 19.3. The molecule has 1 aromatic rings. The van der Waals surface area contributed by atoms with Gasteiger partial charge in [-0.25, -0.2) is 0 Å². The van der Waals surface area contributed by atoms with E-state index in [2.05, 4.69) is 40.7 Å². The Balaban J connectivity index is 0.00000208. The summed E-state index contributed by atoms with van der Waals surface area (Å²) in [6.07, 6.45) is 9.07. The predicted octanol–water partition coefficient (Wildman–Crippen LogP) is 2.36. The maximum Gasteiger partial charge on any atom is 0.191 e. The molecule has 0 radical (unpaired) electrons. The summed E-state index contributed by atoms with van der Waals surface area (Å²) in [5, 5.41) is 11.3.